The maximum Gasteiger partial charge on any atom is 0.119 e. The van der Waals surface area contributed by atoms with E-state index < -0.39 is 0 Å². The Kier molecular flexibility index (Phi) is 6.16. The van der Waals surface area contributed by atoms with Crippen molar-refractivity contribution < 1.29 is 9.84 Å². The van der Waals surface area contributed by atoms with Crippen molar-refractivity contribution in [3.05, 3.63) is 36.9 Å². The second-order valence-electron chi connectivity index (χ2n) is 3.83. The third kappa shape index (κ3) is 5.44. The Hall–Kier alpha value is -1.44. The molecule has 0 amide bonds. The average molecular weight is 220 g/mol. The molecular formula is C14H20O2. The predicted molar refractivity (Wildman–Crippen MR) is 66.9 cm³/mol. The lowest BCUT2D eigenvalue weighted by molar-refractivity contribution is 0.304. The zero-order valence-corrected chi connectivity index (χ0v) is 9.69. The maximum atomic E-state index is 9.09. The third-order valence-corrected chi connectivity index (χ3v) is 2.41. The van der Waals surface area contributed by atoms with E-state index in [0.29, 0.717) is 0 Å². The average Bonchev–Trinajstić information content (AvgIpc) is 2.30. The van der Waals surface area contributed by atoms with Gasteiger partial charge in [0, 0.05) is 0 Å². The van der Waals surface area contributed by atoms with E-state index in [2.05, 4.69) is 6.58 Å². The van der Waals surface area contributed by atoms with E-state index in [1.165, 1.54) is 19.3 Å². The molecule has 0 saturated heterocycles. The quantitative estimate of drug-likeness (QED) is 0.531. The lowest BCUT2D eigenvalue weighted by Crippen LogP contribution is -1.96. The van der Waals surface area contributed by atoms with E-state index in [1.54, 1.807) is 24.3 Å². The van der Waals surface area contributed by atoms with Crippen molar-refractivity contribution in [3.63, 3.8) is 0 Å². The van der Waals surface area contributed by atoms with Gasteiger partial charge in [-0.15, -0.1) is 6.58 Å². The van der Waals surface area contributed by atoms with Crippen molar-refractivity contribution in [1.82, 2.24) is 0 Å². The van der Waals surface area contributed by atoms with Gasteiger partial charge in [-0.2, -0.15) is 0 Å². The highest BCUT2D eigenvalue weighted by Crippen LogP contribution is 2.16. The minimum Gasteiger partial charge on any atom is -0.508 e. The molecule has 0 unspecified atom stereocenters. The summed E-state index contributed by atoms with van der Waals surface area (Å²) in [4.78, 5) is 0. The first-order valence-electron chi connectivity index (χ1n) is 5.85. The fourth-order valence-corrected chi connectivity index (χ4v) is 1.48. The summed E-state index contributed by atoms with van der Waals surface area (Å²) in [5.74, 6) is 1.10. The van der Waals surface area contributed by atoms with Gasteiger partial charge in [0.05, 0.1) is 6.61 Å². The van der Waals surface area contributed by atoms with E-state index in [4.69, 9.17) is 9.84 Å². The number of phenols is 1. The summed E-state index contributed by atoms with van der Waals surface area (Å²) in [6.07, 6.45) is 7.82. The van der Waals surface area contributed by atoms with Crippen LogP contribution in [0.3, 0.4) is 0 Å². The highest BCUT2D eigenvalue weighted by Gasteiger charge is 1.94. The molecule has 0 heterocycles. The predicted octanol–water partition coefficient (Wildman–Crippen LogP) is 3.91. The molecule has 0 atom stereocenters. The van der Waals surface area contributed by atoms with Crippen molar-refractivity contribution in [3.8, 4) is 11.5 Å². The largest absolute Gasteiger partial charge is 0.508 e. The van der Waals surface area contributed by atoms with Gasteiger partial charge in [-0.05, 0) is 43.5 Å². The molecule has 0 saturated carbocycles. The van der Waals surface area contributed by atoms with Crippen LogP contribution in [0.4, 0.5) is 0 Å². The second kappa shape index (κ2) is 7.80. The second-order valence-corrected chi connectivity index (χ2v) is 3.83. The molecule has 2 heteroatoms. The summed E-state index contributed by atoms with van der Waals surface area (Å²) in [6, 6.07) is 6.85. The van der Waals surface area contributed by atoms with Gasteiger partial charge in [0.1, 0.15) is 11.5 Å². The number of rotatable bonds is 8. The van der Waals surface area contributed by atoms with Crippen LogP contribution in [0.5, 0.6) is 11.5 Å². The molecule has 0 radical (unpaired) electrons. The van der Waals surface area contributed by atoms with Gasteiger partial charge in [-0.1, -0.05) is 18.9 Å². The fraction of sp³-hybridized carbons (Fsp3) is 0.429. The Morgan fingerprint density at radius 3 is 2.44 bits per heavy atom. The number of aromatic hydroxyl groups is 1. The molecule has 1 aromatic carbocycles. The van der Waals surface area contributed by atoms with Gasteiger partial charge in [-0.3, -0.25) is 0 Å². The van der Waals surface area contributed by atoms with Crippen LogP contribution < -0.4 is 4.74 Å². The van der Waals surface area contributed by atoms with Crippen LogP contribution in [0.2, 0.25) is 0 Å². The zero-order valence-electron chi connectivity index (χ0n) is 9.69. The molecule has 1 N–H and O–H groups in total. The third-order valence-electron chi connectivity index (χ3n) is 2.41. The summed E-state index contributed by atoms with van der Waals surface area (Å²) in [6.45, 7) is 4.45. The van der Waals surface area contributed by atoms with Crippen molar-refractivity contribution >= 4 is 0 Å². The van der Waals surface area contributed by atoms with Gasteiger partial charge < -0.3 is 9.84 Å². The number of phenolic OH excluding ortho intramolecular Hbond substituents is 1. The molecule has 2 nitrogen and oxygen atoms in total. The van der Waals surface area contributed by atoms with E-state index in [0.717, 1.165) is 25.2 Å². The lowest BCUT2D eigenvalue weighted by atomic mass is 10.1. The Bertz CT molecular complexity index is 290. The fourth-order valence-electron chi connectivity index (χ4n) is 1.48. The summed E-state index contributed by atoms with van der Waals surface area (Å²) >= 11 is 0. The van der Waals surface area contributed by atoms with Gasteiger partial charge >= 0.3 is 0 Å². The molecule has 0 aliphatic carbocycles. The van der Waals surface area contributed by atoms with Crippen LogP contribution in [0.25, 0.3) is 0 Å². The highest BCUT2D eigenvalue weighted by molar-refractivity contribution is 5.29. The molecule has 1 aromatic rings. The molecule has 88 valence electrons. The molecule has 0 spiro atoms. The van der Waals surface area contributed by atoms with E-state index >= 15 is 0 Å². The maximum absolute atomic E-state index is 9.09. The Morgan fingerprint density at radius 1 is 1.06 bits per heavy atom. The Morgan fingerprint density at radius 2 is 1.75 bits per heavy atom. The van der Waals surface area contributed by atoms with Crippen molar-refractivity contribution in [2.45, 2.75) is 32.1 Å². The molecular weight excluding hydrogens is 200 g/mol. The number of allylic oxidation sites excluding steroid dienone is 1. The summed E-state index contributed by atoms with van der Waals surface area (Å²) in [5, 5.41) is 9.09. The summed E-state index contributed by atoms with van der Waals surface area (Å²) in [5.41, 5.74) is 0. The van der Waals surface area contributed by atoms with Gasteiger partial charge in [0.15, 0.2) is 0 Å². The minimum atomic E-state index is 0.275. The highest BCUT2D eigenvalue weighted by atomic mass is 16.5. The normalized spacial score (nSPS) is 10.0. The first-order valence-corrected chi connectivity index (χ1v) is 5.85. The van der Waals surface area contributed by atoms with Crippen LogP contribution in [0.15, 0.2) is 36.9 Å². The topological polar surface area (TPSA) is 29.5 Å². The first-order chi connectivity index (χ1) is 7.83. The molecule has 0 aliphatic heterocycles. The number of hydrogen-bond acceptors (Lipinski definition) is 2. The van der Waals surface area contributed by atoms with Crippen LogP contribution in [0, 0.1) is 0 Å². The van der Waals surface area contributed by atoms with Gasteiger partial charge in [0.25, 0.3) is 0 Å². The van der Waals surface area contributed by atoms with Crippen molar-refractivity contribution in [2.75, 3.05) is 6.61 Å². The Labute approximate surface area is 97.6 Å². The van der Waals surface area contributed by atoms with Gasteiger partial charge in [0.2, 0.25) is 0 Å². The SMILES string of the molecule is C=CCCCCCCOc1ccc(O)cc1. The first kappa shape index (κ1) is 12.6. The number of unbranched alkanes of at least 4 members (excludes halogenated alkanes) is 4. The van der Waals surface area contributed by atoms with Crippen LogP contribution in [-0.2, 0) is 0 Å². The standard InChI is InChI=1S/C14H20O2/c1-2-3-4-5-6-7-12-16-14-10-8-13(15)9-11-14/h2,8-11,15H,1,3-7,12H2. The number of ether oxygens (including phenoxy) is 1. The van der Waals surface area contributed by atoms with Crippen LogP contribution >= 0.6 is 0 Å². The molecule has 0 bridgehead atoms. The van der Waals surface area contributed by atoms with Crippen molar-refractivity contribution in [2.24, 2.45) is 0 Å². The van der Waals surface area contributed by atoms with E-state index in [1.807, 2.05) is 6.08 Å². The van der Waals surface area contributed by atoms with Gasteiger partial charge in [-0.25, -0.2) is 0 Å². The van der Waals surface area contributed by atoms with E-state index in [-0.39, 0.29) is 5.75 Å². The molecule has 1 rings (SSSR count). The molecule has 16 heavy (non-hydrogen) atoms. The number of benzene rings is 1. The van der Waals surface area contributed by atoms with Crippen molar-refractivity contribution in [1.29, 1.82) is 0 Å². The monoisotopic (exact) mass is 220 g/mol. The minimum absolute atomic E-state index is 0.275. The summed E-state index contributed by atoms with van der Waals surface area (Å²) < 4.78 is 5.54. The van der Waals surface area contributed by atoms with Crippen LogP contribution in [0.1, 0.15) is 32.1 Å². The zero-order chi connectivity index (χ0) is 11.6. The van der Waals surface area contributed by atoms with Crippen LogP contribution in [-0.4, -0.2) is 11.7 Å². The summed E-state index contributed by atoms with van der Waals surface area (Å²) in [7, 11) is 0. The smallest absolute Gasteiger partial charge is 0.119 e. The molecule has 0 aliphatic rings. The number of hydrogen-bond donors (Lipinski definition) is 1. The Balaban J connectivity index is 2.02. The lowest BCUT2D eigenvalue weighted by Gasteiger charge is -2.05. The molecule has 0 aromatic heterocycles. The molecule has 0 fully saturated rings. The van der Waals surface area contributed by atoms with E-state index in [9.17, 15) is 0 Å².